The summed E-state index contributed by atoms with van der Waals surface area (Å²) in [6, 6.07) is 0. The first-order valence-electron chi connectivity index (χ1n) is 1.86. The van der Waals surface area contributed by atoms with Crippen molar-refractivity contribution in [2.24, 2.45) is 5.92 Å². The average molecular weight is 112 g/mol. The first-order chi connectivity index (χ1) is 2.81. The van der Waals surface area contributed by atoms with Crippen molar-refractivity contribution < 1.29 is 39.8 Å². The van der Waals surface area contributed by atoms with Gasteiger partial charge in [-0.3, -0.25) is 0 Å². The second-order valence-corrected chi connectivity index (χ2v) is 1.23. The van der Waals surface area contributed by atoms with Crippen molar-refractivity contribution in [1.29, 1.82) is 0 Å². The van der Waals surface area contributed by atoms with Gasteiger partial charge in [-0.2, -0.15) is 0 Å². The van der Waals surface area contributed by atoms with Gasteiger partial charge in [-0.05, 0) is 0 Å². The molecule has 0 aromatic heterocycles. The van der Waals surface area contributed by atoms with Crippen LogP contribution in [0.3, 0.4) is 0 Å². The SMILES string of the molecule is [CH2-]C(CO)CO.[Na+]. The molecular weight excluding hydrogens is 103 g/mol. The maximum atomic E-state index is 8.11. The van der Waals surface area contributed by atoms with E-state index in [0.29, 0.717) is 0 Å². The summed E-state index contributed by atoms with van der Waals surface area (Å²) in [7, 11) is 0. The van der Waals surface area contributed by atoms with Gasteiger partial charge in [0, 0.05) is 13.2 Å². The summed E-state index contributed by atoms with van der Waals surface area (Å²) in [5.41, 5.74) is 0. The van der Waals surface area contributed by atoms with Crippen LogP contribution in [0.1, 0.15) is 0 Å². The monoisotopic (exact) mass is 112 g/mol. The van der Waals surface area contributed by atoms with Crippen molar-refractivity contribution in [3.05, 3.63) is 6.92 Å². The molecule has 0 unspecified atom stereocenters. The summed E-state index contributed by atoms with van der Waals surface area (Å²) in [6.45, 7) is 3.31. The van der Waals surface area contributed by atoms with Crippen molar-refractivity contribution in [3.63, 3.8) is 0 Å². The predicted molar refractivity (Wildman–Crippen MR) is 23.0 cm³/mol. The van der Waals surface area contributed by atoms with Gasteiger partial charge in [0.1, 0.15) is 0 Å². The molecule has 0 aromatic rings. The van der Waals surface area contributed by atoms with Gasteiger partial charge in [0.15, 0.2) is 0 Å². The van der Waals surface area contributed by atoms with Crippen molar-refractivity contribution in [3.8, 4) is 0 Å². The van der Waals surface area contributed by atoms with Crippen LogP contribution >= 0.6 is 0 Å². The predicted octanol–water partition coefficient (Wildman–Crippen LogP) is -3.57. The largest absolute Gasteiger partial charge is 1.00 e. The van der Waals surface area contributed by atoms with Crippen LogP contribution in [0.2, 0.25) is 0 Å². The smallest absolute Gasteiger partial charge is 0.399 e. The summed E-state index contributed by atoms with van der Waals surface area (Å²) >= 11 is 0. The molecule has 0 atom stereocenters. The molecule has 0 fully saturated rings. The van der Waals surface area contributed by atoms with Crippen LogP contribution in [-0.4, -0.2) is 23.4 Å². The van der Waals surface area contributed by atoms with Gasteiger partial charge in [0.25, 0.3) is 0 Å². The number of hydrogen-bond donors (Lipinski definition) is 2. The molecule has 2 N–H and O–H groups in total. The van der Waals surface area contributed by atoms with Crippen LogP contribution in [0.15, 0.2) is 0 Å². The van der Waals surface area contributed by atoms with Crippen LogP contribution in [0.5, 0.6) is 0 Å². The van der Waals surface area contributed by atoms with E-state index in [1.54, 1.807) is 0 Å². The standard InChI is InChI=1S/C4H9O2.Na/c1-4(2-5)3-6;/h4-6H,1-3H2;/q-1;+1. The second-order valence-electron chi connectivity index (χ2n) is 1.23. The molecular formula is C4H9NaO2. The topological polar surface area (TPSA) is 40.5 Å². The van der Waals surface area contributed by atoms with E-state index in [0.717, 1.165) is 0 Å². The zero-order valence-electron chi connectivity index (χ0n) is 4.59. The molecule has 0 aromatic carbocycles. The fraction of sp³-hybridized carbons (Fsp3) is 0.750. The van der Waals surface area contributed by atoms with Gasteiger partial charge in [-0.1, -0.05) is 0 Å². The molecule has 0 rings (SSSR count). The Morgan fingerprint density at radius 2 is 1.57 bits per heavy atom. The van der Waals surface area contributed by atoms with Gasteiger partial charge in [0.2, 0.25) is 0 Å². The van der Waals surface area contributed by atoms with Gasteiger partial charge >= 0.3 is 29.6 Å². The molecule has 0 bridgehead atoms. The van der Waals surface area contributed by atoms with E-state index in [1.807, 2.05) is 0 Å². The van der Waals surface area contributed by atoms with Crippen LogP contribution in [0, 0.1) is 12.8 Å². The fourth-order valence-corrected chi connectivity index (χ4v) is 0.0577. The molecule has 0 aliphatic heterocycles. The van der Waals surface area contributed by atoms with Crippen LogP contribution in [0.25, 0.3) is 0 Å². The van der Waals surface area contributed by atoms with Crippen molar-refractivity contribution >= 4 is 0 Å². The zero-order chi connectivity index (χ0) is 4.99. The number of rotatable bonds is 2. The summed E-state index contributed by atoms with van der Waals surface area (Å²) in [4.78, 5) is 0. The normalized spacial score (nSPS) is 8.57. The van der Waals surface area contributed by atoms with E-state index in [-0.39, 0.29) is 48.7 Å². The van der Waals surface area contributed by atoms with Crippen LogP contribution in [0.4, 0.5) is 0 Å². The Balaban J connectivity index is 0. The molecule has 2 nitrogen and oxygen atoms in total. The first kappa shape index (κ1) is 10.8. The number of aliphatic hydroxyl groups excluding tert-OH is 2. The Bertz CT molecular complexity index is 28.9. The molecule has 0 spiro atoms. The molecule has 0 radical (unpaired) electrons. The van der Waals surface area contributed by atoms with Gasteiger partial charge < -0.3 is 17.1 Å². The van der Waals surface area contributed by atoms with Crippen LogP contribution in [-0.2, 0) is 0 Å². The number of aliphatic hydroxyl groups is 2. The molecule has 0 saturated heterocycles. The summed E-state index contributed by atoms with van der Waals surface area (Å²) in [6.07, 6.45) is 0. The third kappa shape index (κ3) is 6.92. The van der Waals surface area contributed by atoms with E-state index in [2.05, 4.69) is 6.92 Å². The van der Waals surface area contributed by atoms with Gasteiger partial charge in [-0.25, -0.2) is 0 Å². The van der Waals surface area contributed by atoms with Crippen LogP contribution < -0.4 is 29.6 Å². The summed E-state index contributed by atoms with van der Waals surface area (Å²) in [5.74, 6) is -0.204. The maximum absolute atomic E-state index is 8.11. The summed E-state index contributed by atoms with van der Waals surface area (Å²) < 4.78 is 0. The zero-order valence-corrected chi connectivity index (χ0v) is 6.59. The Morgan fingerprint density at radius 1 is 1.29 bits per heavy atom. The fourth-order valence-electron chi connectivity index (χ4n) is 0.0577. The third-order valence-electron chi connectivity index (χ3n) is 0.516. The second kappa shape index (κ2) is 6.92. The van der Waals surface area contributed by atoms with Crippen molar-refractivity contribution in [2.45, 2.75) is 0 Å². The Kier molecular flexibility index (Phi) is 10.7. The van der Waals surface area contributed by atoms with Gasteiger partial charge in [-0.15, -0.1) is 5.92 Å². The van der Waals surface area contributed by atoms with E-state index in [9.17, 15) is 0 Å². The van der Waals surface area contributed by atoms with E-state index in [4.69, 9.17) is 10.2 Å². The molecule has 0 aliphatic carbocycles. The minimum absolute atomic E-state index is 0. The molecule has 38 valence electrons. The van der Waals surface area contributed by atoms with Crippen molar-refractivity contribution in [2.75, 3.05) is 13.2 Å². The Hall–Kier alpha value is 0.920. The molecule has 0 aliphatic rings. The van der Waals surface area contributed by atoms with Gasteiger partial charge in [0.05, 0.1) is 0 Å². The Morgan fingerprint density at radius 3 is 1.57 bits per heavy atom. The quantitative estimate of drug-likeness (QED) is 0.286. The number of hydrogen-bond acceptors (Lipinski definition) is 2. The minimum atomic E-state index is -0.204. The van der Waals surface area contributed by atoms with Crippen molar-refractivity contribution in [1.82, 2.24) is 0 Å². The maximum Gasteiger partial charge on any atom is 1.00 e. The average Bonchev–Trinajstić information content (AvgIpc) is 1.65. The molecule has 0 saturated carbocycles. The summed E-state index contributed by atoms with van der Waals surface area (Å²) in [5, 5.41) is 16.2. The molecule has 0 heterocycles. The minimum Gasteiger partial charge on any atom is -0.399 e. The van der Waals surface area contributed by atoms with E-state index in [1.165, 1.54) is 0 Å². The molecule has 7 heavy (non-hydrogen) atoms. The Labute approximate surface area is 65.8 Å². The molecule has 3 heteroatoms. The molecule has 0 amide bonds. The van der Waals surface area contributed by atoms with E-state index >= 15 is 0 Å². The first-order valence-corrected chi connectivity index (χ1v) is 1.86. The van der Waals surface area contributed by atoms with E-state index < -0.39 is 0 Å². The third-order valence-corrected chi connectivity index (χ3v) is 0.516.